The molecular weight excluding hydrogens is 384 g/mol. The maximum Gasteiger partial charge on any atom is 0.225 e. The van der Waals surface area contributed by atoms with E-state index in [1.54, 1.807) is 12.1 Å². The van der Waals surface area contributed by atoms with E-state index in [2.05, 4.69) is 10.2 Å². The predicted molar refractivity (Wildman–Crippen MR) is 109 cm³/mol. The molecule has 1 fully saturated rings. The molecule has 2 aromatic rings. The molecule has 0 unspecified atom stereocenters. The first-order valence-electron chi connectivity index (χ1n) is 9.08. The maximum atomic E-state index is 12.4. The number of nitrogens with one attached hydrogen (secondary N) is 1. The Hall–Kier alpha value is -2.05. The van der Waals surface area contributed by atoms with Gasteiger partial charge in [-0.15, -0.1) is 0 Å². The van der Waals surface area contributed by atoms with Crippen LogP contribution >= 0.6 is 11.6 Å². The summed E-state index contributed by atoms with van der Waals surface area (Å²) in [5.41, 5.74) is 1.81. The first-order valence-corrected chi connectivity index (χ1v) is 11.1. The molecule has 0 aliphatic carbocycles. The first-order chi connectivity index (χ1) is 13.0. The molecular formula is C20H23ClN2O3S. The molecule has 1 saturated heterocycles. The topological polar surface area (TPSA) is 66.5 Å². The van der Waals surface area contributed by atoms with E-state index in [1.165, 1.54) is 31.4 Å². The van der Waals surface area contributed by atoms with E-state index in [-0.39, 0.29) is 28.0 Å². The van der Waals surface area contributed by atoms with E-state index in [0.29, 0.717) is 5.69 Å². The Labute approximate surface area is 165 Å². The highest BCUT2D eigenvalue weighted by atomic mass is 35.5. The number of carbonyl (C=O) groups is 1. The number of anilines is 2. The van der Waals surface area contributed by atoms with Crippen LogP contribution in [0.25, 0.3) is 0 Å². The molecule has 0 atom stereocenters. The van der Waals surface area contributed by atoms with Crippen molar-refractivity contribution in [3.63, 3.8) is 0 Å². The van der Waals surface area contributed by atoms with Gasteiger partial charge in [-0.25, -0.2) is 8.42 Å². The normalized spacial score (nSPS) is 14.8. The van der Waals surface area contributed by atoms with Crippen LogP contribution in [0.15, 0.2) is 53.4 Å². The number of carbonyl (C=O) groups excluding carboxylic acids is 1. The lowest BCUT2D eigenvalue weighted by atomic mass is 10.1. The number of sulfone groups is 1. The molecule has 7 heteroatoms. The number of piperidine rings is 1. The lowest BCUT2D eigenvalue weighted by Crippen LogP contribution is -2.29. The van der Waals surface area contributed by atoms with Crippen LogP contribution in [0.1, 0.15) is 25.7 Å². The highest BCUT2D eigenvalue weighted by Gasteiger charge is 2.19. The van der Waals surface area contributed by atoms with Crippen LogP contribution in [0, 0.1) is 0 Å². The van der Waals surface area contributed by atoms with Gasteiger partial charge in [0.15, 0.2) is 9.84 Å². The Bertz CT molecular complexity index is 892. The van der Waals surface area contributed by atoms with Crippen LogP contribution in [-0.4, -0.2) is 33.2 Å². The molecule has 1 aliphatic rings. The number of amides is 1. The molecule has 0 spiro atoms. The zero-order valence-electron chi connectivity index (χ0n) is 15.0. The lowest BCUT2D eigenvalue weighted by molar-refractivity contribution is -0.115. The fourth-order valence-corrected chi connectivity index (χ4v) is 4.98. The summed E-state index contributed by atoms with van der Waals surface area (Å²) in [5.74, 6) is -0.620. The second kappa shape index (κ2) is 8.76. The van der Waals surface area contributed by atoms with Gasteiger partial charge in [0.1, 0.15) is 0 Å². The summed E-state index contributed by atoms with van der Waals surface area (Å²) in [6.45, 7) is 2.12. The van der Waals surface area contributed by atoms with Crippen molar-refractivity contribution in [1.29, 1.82) is 0 Å². The highest BCUT2D eigenvalue weighted by Crippen LogP contribution is 2.23. The van der Waals surface area contributed by atoms with Crippen LogP contribution < -0.4 is 10.2 Å². The highest BCUT2D eigenvalue weighted by molar-refractivity contribution is 7.91. The molecule has 144 valence electrons. The molecule has 2 aromatic carbocycles. The van der Waals surface area contributed by atoms with Crippen molar-refractivity contribution in [2.24, 2.45) is 0 Å². The maximum absolute atomic E-state index is 12.4. The van der Waals surface area contributed by atoms with Crippen molar-refractivity contribution in [2.45, 2.75) is 30.6 Å². The monoisotopic (exact) mass is 406 g/mol. The minimum atomic E-state index is -3.60. The van der Waals surface area contributed by atoms with Crippen LogP contribution in [0.3, 0.4) is 0 Å². The molecule has 5 nitrogen and oxygen atoms in total. The molecule has 1 aliphatic heterocycles. The number of benzene rings is 2. The van der Waals surface area contributed by atoms with E-state index in [4.69, 9.17) is 11.6 Å². The summed E-state index contributed by atoms with van der Waals surface area (Å²) in [4.78, 5) is 14.5. The van der Waals surface area contributed by atoms with Gasteiger partial charge in [-0.3, -0.25) is 4.79 Å². The van der Waals surface area contributed by atoms with Gasteiger partial charge in [-0.2, -0.15) is 0 Å². The van der Waals surface area contributed by atoms with Gasteiger partial charge in [0.2, 0.25) is 5.91 Å². The molecule has 0 radical (unpaired) electrons. The van der Waals surface area contributed by atoms with E-state index >= 15 is 0 Å². The third-order valence-electron chi connectivity index (χ3n) is 4.64. The first kappa shape index (κ1) is 19.7. The molecule has 3 rings (SSSR count). The molecule has 1 amide bonds. The van der Waals surface area contributed by atoms with Crippen molar-refractivity contribution >= 4 is 38.7 Å². The van der Waals surface area contributed by atoms with Gasteiger partial charge in [0.05, 0.1) is 15.7 Å². The SMILES string of the molecule is O=C(CCS(=O)(=O)c1ccccc1Cl)Nc1ccc(N2CCCCC2)cc1. The van der Waals surface area contributed by atoms with Crippen molar-refractivity contribution in [3.8, 4) is 0 Å². The fourth-order valence-electron chi connectivity index (χ4n) is 3.17. The second-order valence-electron chi connectivity index (χ2n) is 6.64. The fraction of sp³-hybridized carbons (Fsp3) is 0.350. The molecule has 0 bridgehead atoms. The van der Waals surface area contributed by atoms with E-state index in [1.807, 2.05) is 24.3 Å². The average molecular weight is 407 g/mol. The molecule has 0 saturated carbocycles. The van der Waals surface area contributed by atoms with Gasteiger partial charge < -0.3 is 10.2 Å². The van der Waals surface area contributed by atoms with Gasteiger partial charge in [-0.05, 0) is 55.7 Å². The van der Waals surface area contributed by atoms with Crippen LogP contribution in [-0.2, 0) is 14.6 Å². The van der Waals surface area contributed by atoms with Crippen molar-refractivity contribution in [3.05, 3.63) is 53.6 Å². The van der Waals surface area contributed by atoms with Gasteiger partial charge >= 0.3 is 0 Å². The Balaban J connectivity index is 1.55. The minimum absolute atomic E-state index is 0.0605. The Morgan fingerprint density at radius 2 is 1.67 bits per heavy atom. The minimum Gasteiger partial charge on any atom is -0.372 e. The van der Waals surface area contributed by atoms with E-state index in [9.17, 15) is 13.2 Å². The quantitative estimate of drug-likeness (QED) is 0.783. The standard InChI is InChI=1S/C20H23ClN2O3S/c21-18-6-2-3-7-19(18)27(25,26)15-12-20(24)22-16-8-10-17(11-9-16)23-13-4-1-5-14-23/h2-3,6-11H,1,4-5,12-15H2,(H,22,24). The van der Waals surface area contributed by atoms with Gasteiger partial charge in [0, 0.05) is 30.9 Å². The van der Waals surface area contributed by atoms with Gasteiger partial charge in [0.25, 0.3) is 0 Å². The molecule has 1 N–H and O–H groups in total. The average Bonchev–Trinajstić information content (AvgIpc) is 2.68. The Morgan fingerprint density at radius 1 is 1.00 bits per heavy atom. The number of halogens is 1. The lowest BCUT2D eigenvalue weighted by Gasteiger charge is -2.28. The number of hydrogen-bond donors (Lipinski definition) is 1. The summed E-state index contributed by atoms with van der Waals surface area (Å²) in [7, 11) is -3.60. The molecule has 0 aromatic heterocycles. The van der Waals surface area contributed by atoms with Gasteiger partial charge in [-0.1, -0.05) is 23.7 Å². The van der Waals surface area contributed by atoms with Crippen molar-refractivity contribution in [1.82, 2.24) is 0 Å². The third kappa shape index (κ3) is 5.23. The summed E-state index contributed by atoms with van der Waals surface area (Å²) in [6, 6.07) is 13.9. The zero-order valence-corrected chi connectivity index (χ0v) is 16.6. The van der Waals surface area contributed by atoms with Crippen LogP contribution in [0.5, 0.6) is 0 Å². The summed E-state index contributed by atoms with van der Waals surface area (Å²) < 4.78 is 24.7. The zero-order chi connectivity index (χ0) is 19.3. The molecule has 27 heavy (non-hydrogen) atoms. The van der Waals surface area contributed by atoms with E-state index < -0.39 is 9.84 Å². The third-order valence-corrected chi connectivity index (χ3v) is 6.85. The number of rotatable bonds is 6. The number of hydrogen-bond acceptors (Lipinski definition) is 4. The van der Waals surface area contributed by atoms with Crippen LogP contribution in [0.4, 0.5) is 11.4 Å². The smallest absolute Gasteiger partial charge is 0.225 e. The van der Waals surface area contributed by atoms with Crippen molar-refractivity contribution < 1.29 is 13.2 Å². The Kier molecular flexibility index (Phi) is 6.39. The molecule has 1 heterocycles. The summed E-state index contributed by atoms with van der Waals surface area (Å²) in [6.07, 6.45) is 3.57. The predicted octanol–water partition coefficient (Wildman–Crippen LogP) is 4.13. The van der Waals surface area contributed by atoms with Crippen molar-refractivity contribution in [2.75, 3.05) is 29.1 Å². The van der Waals surface area contributed by atoms with E-state index in [0.717, 1.165) is 18.8 Å². The largest absolute Gasteiger partial charge is 0.372 e. The number of nitrogens with zero attached hydrogens (tertiary/aromatic N) is 1. The second-order valence-corrected chi connectivity index (χ2v) is 9.13. The van der Waals surface area contributed by atoms with Crippen LogP contribution in [0.2, 0.25) is 5.02 Å². The summed E-state index contributed by atoms with van der Waals surface area (Å²) in [5, 5.41) is 2.93. The Morgan fingerprint density at radius 3 is 2.33 bits per heavy atom. The summed E-state index contributed by atoms with van der Waals surface area (Å²) >= 11 is 5.95.